The Bertz CT molecular complexity index is 653. The second kappa shape index (κ2) is 6.41. The molecule has 3 N–H and O–H groups in total. The van der Waals surface area contributed by atoms with Crippen LogP contribution in [0.2, 0.25) is 0 Å². The van der Waals surface area contributed by atoms with Crippen molar-refractivity contribution in [2.75, 3.05) is 23.8 Å². The summed E-state index contributed by atoms with van der Waals surface area (Å²) in [5.74, 6) is -0.162. The maximum absolute atomic E-state index is 12.7. The van der Waals surface area contributed by atoms with E-state index in [9.17, 15) is 9.90 Å². The highest BCUT2D eigenvalue weighted by molar-refractivity contribution is 6.07. The molecule has 2 aromatic rings. The summed E-state index contributed by atoms with van der Waals surface area (Å²) in [6, 6.07) is 12.8. The molecular formula is C17H20N2O2. The smallest absolute Gasteiger partial charge is 0.258 e. The predicted octanol–water partition coefficient (Wildman–Crippen LogP) is 2.52. The third-order valence-corrected chi connectivity index (χ3v) is 3.55. The third-order valence-electron chi connectivity index (χ3n) is 3.55. The fourth-order valence-electron chi connectivity index (χ4n) is 2.20. The highest BCUT2D eigenvalue weighted by atomic mass is 16.3. The average Bonchev–Trinajstić information content (AvgIpc) is 2.48. The number of para-hydroxylation sites is 2. The highest BCUT2D eigenvalue weighted by Gasteiger charge is 2.19. The lowest BCUT2D eigenvalue weighted by molar-refractivity contribution is 0.0981. The van der Waals surface area contributed by atoms with Gasteiger partial charge in [-0.2, -0.15) is 0 Å². The topological polar surface area (TPSA) is 66.6 Å². The molecule has 0 unspecified atom stereocenters. The van der Waals surface area contributed by atoms with Crippen molar-refractivity contribution < 1.29 is 9.90 Å². The van der Waals surface area contributed by atoms with Crippen LogP contribution in [-0.2, 0) is 0 Å². The molecule has 110 valence electrons. The summed E-state index contributed by atoms with van der Waals surface area (Å²) >= 11 is 0. The van der Waals surface area contributed by atoms with E-state index in [1.54, 1.807) is 18.2 Å². The number of hydrogen-bond acceptors (Lipinski definition) is 3. The Morgan fingerprint density at radius 3 is 2.48 bits per heavy atom. The second-order valence-corrected chi connectivity index (χ2v) is 5.04. The summed E-state index contributed by atoms with van der Waals surface area (Å²) in [5.41, 5.74) is 9.87. The Kier molecular flexibility index (Phi) is 4.60. The SMILES string of the molecule is Cc1ccc(C(=O)N(CCO)c2ccccc2N)cc1C. The van der Waals surface area contributed by atoms with E-state index >= 15 is 0 Å². The maximum Gasteiger partial charge on any atom is 0.258 e. The van der Waals surface area contributed by atoms with E-state index in [0.717, 1.165) is 11.1 Å². The third kappa shape index (κ3) is 3.23. The standard InChI is InChI=1S/C17H20N2O2/c1-12-7-8-14(11-13(12)2)17(21)19(9-10-20)16-6-4-3-5-15(16)18/h3-8,11,20H,9-10,18H2,1-2H3. The number of amides is 1. The van der Waals surface area contributed by atoms with E-state index in [-0.39, 0.29) is 19.1 Å². The zero-order valence-corrected chi connectivity index (χ0v) is 12.3. The maximum atomic E-state index is 12.7. The average molecular weight is 284 g/mol. The van der Waals surface area contributed by atoms with Crippen molar-refractivity contribution in [3.8, 4) is 0 Å². The molecule has 0 saturated carbocycles. The molecule has 0 fully saturated rings. The Balaban J connectivity index is 2.40. The molecule has 0 saturated heterocycles. The highest BCUT2D eigenvalue weighted by Crippen LogP contribution is 2.24. The molecule has 2 rings (SSSR count). The van der Waals surface area contributed by atoms with E-state index in [4.69, 9.17) is 5.73 Å². The molecule has 4 heteroatoms. The molecule has 1 amide bonds. The van der Waals surface area contributed by atoms with Crippen molar-refractivity contribution in [3.05, 3.63) is 59.2 Å². The number of aliphatic hydroxyl groups excluding tert-OH is 1. The molecule has 0 spiro atoms. The van der Waals surface area contributed by atoms with Crippen molar-refractivity contribution in [2.45, 2.75) is 13.8 Å². The summed E-state index contributed by atoms with van der Waals surface area (Å²) in [5, 5.41) is 9.25. The van der Waals surface area contributed by atoms with Crippen molar-refractivity contribution in [1.82, 2.24) is 0 Å². The van der Waals surface area contributed by atoms with Gasteiger partial charge in [0.2, 0.25) is 0 Å². The molecule has 0 aliphatic heterocycles. The fraction of sp³-hybridized carbons (Fsp3) is 0.235. The minimum Gasteiger partial charge on any atom is -0.397 e. The Hall–Kier alpha value is -2.33. The molecule has 21 heavy (non-hydrogen) atoms. The number of nitrogen functional groups attached to an aromatic ring is 1. The first-order valence-electron chi connectivity index (χ1n) is 6.89. The summed E-state index contributed by atoms with van der Waals surface area (Å²) in [6.07, 6.45) is 0. The van der Waals surface area contributed by atoms with Crippen LogP contribution in [-0.4, -0.2) is 24.2 Å². The molecule has 2 aromatic carbocycles. The number of aryl methyl sites for hydroxylation is 2. The van der Waals surface area contributed by atoms with Gasteiger partial charge >= 0.3 is 0 Å². The van der Waals surface area contributed by atoms with Crippen molar-refractivity contribution >= 4 is 17.3 Å². The van der Waals surface area contributed by atoms with Crippen LogP contribution in [0.1, 0.15) is 21.5 Å². The van der Waals surface area contributed by atoms with Gasteiger partial charge < -0.3 is 15.7 Å². The van der Waals surface area contributed by atoms with E-state index in [0.29, 0.717) is 16.9 Å². The Labute approximate surface area is 124 Å². The monoisotopic (exact) mass is 284 g/mol. The number of benzene rings is 2. The summed E-state index contributed by atoms with van der Waals surface area (Å²) in [6.45, 7) is 4.06. The zero-order valence-electron chi connectivity index (χ0n) is 12.3. The number of hydrogen-bond donors (Lipinski definition) is 2. The number of nitrogens with two attached hydrogens (primary N) is 1. The predicted molar refractivity (Wildman–Crippen MR) is 85.5 cm³/mol. The molecule has 0 bridgehead atoms. The second-order valence-electron chi connectivity index (χ2n) is 5.04. The van der Waals surface area contributed by atoms with Gasteiger partial charge in [0.25, 0.3) is 5.91 Å². The summed E-state index contributed by atoms with van der Waals surface area (Å²) in [4.78, 5) is 14.2. The molecule has 0 aliphatic rings. The molecule has 0 aromatic heterocycles. The largest absolute Gasteiger partial charge is 0.397 e. The molecule has 0 heterocycles. The van der Waals surface area contributed by atoms with Gasteiger partial charge in [0.15, 0.2) is 0 Å². The number of aliphatic hydroxyl groups is 1. The first-order chi connectivity index (χ1) is 10.0. The van der Waals surface area contributed by atoms with E-state index in [1.165, 1.54) is 4.90 Å². The molecule has 4 nitrogen and oxygen atoms in total. The van der Waals surface area contributed by atoms with Crippen LogP contribution in [0.25, 0.3) is 0 Å². The van der Waals surface area contributed by atoms with Crippen LogP contribution in [0.3, 0.4) is 0 Å². The van der Waals surface area contributed by atoms with Gasteiger partial charge in [-0.3, -0.25) is 4.79 Å². The first kappa shape index (κ1) is 15.1. The van der Waals surface area contributed by atoms with Crippen molar-refractivity contribution in [1.29, 1.82) is 0 Å². The van der Waals surface area contributed by atoms with Crippen molar-refractivity contribution in [3.63, 3.8) is 0 Å². The number of carbonyl (C=O) groups is 1. The first-order valence-corrected chi connectivity index (χ1v) is 6.89. The van der Waals surface area contributed by atoms with E-state index < -0.39 is 0 Å². The number of anilines is 2. The van der Waals surface area contributed by atoms with Gasteiger partial charge in [-0.15, -0.1) is 0 Å². The van der Waals surface area contributed by atoms with Gasteiger partial charge in [0, 0.05) is 12.1 Å². The van der Waals surface area contributed by atoms with Gasteiger partial charge in [-0.1, -0.05) is 18.2 Å². The van der Waals surface area contributed by atoms with Crippen LogP contribution in [0.4, 0.5) is 11.4 Å². The van der Waals surface area contributed by atoms with Crippen LogP contribution >= 0.6 is 0 Å². The van der Waals surface area contributed by atoms with Crippen molar-refractivity contribution in [2.24, 2.45) is 0 Å². The molecule has 0 atom stereocenters. The lowest BCUT2D eigenvalue weighted by atomic mass is 10.1. The van der Waals surface area contributed by atoms with Gasteiger partial charge in [-0.05, 0) is 49.2 Å². The lowest BCUT2D eigenvalue weighted by Crippen LogP contribution is -2.34. The number of carbonyl (C=O) groups excluding carboxylic acids is 1. The zero-order chi connectivity index (χ0) is 15.4. The molecule has 0 radical (unpaired) electrons. The minimum absolute atomic E-state index is 0.120. The van der Waals surface area contributed by atoms with Crippen LogP contribution in [0, 0.1) is 13.8 Å². The summed E-state index contributed by atoms with van der Waals surface area (Å²) < 4.78 is 0. The van der Waals surface area contributed by atoms with Crippen LogP contribution < -0.4 is 10.6 Å². The Morgan fingerprint density at radius 2 is 1.86 bits per heavy atom. The number of rotatable bonds is 4. The van der Waals surface area contributed by atoms with Gasteiger partial charge in [0.1, 0.15) is 0 Å². The Morgan fingerprint density at radius 1 is 1.14 bits per heavy atom. The fourth-order valence-corrected chi connectivity index (χ4v) is 2.20. The molecule has 0 aliphatic carbocycles. The summed E-state index contributed by atoms with van der Waals surface area (Å²) in [7, 11) is 0. The van der Waals surface area contributed by atoms with E-state index in [1.807, 2.05) is 38.1 Å². The molecular weight excluding hydrogens is 264 g/mol. The quantitative estimate of drug-likeness (QED) is 0.848. The lowest BCUT2D eigenvalue weighted by Gasteiger charge is -2.23. The van der Waals surface area contributed by atoms with E-state index in [2.05, 4.69) is 0 Å². The number of nitrogens with zero attached hydrogens (tertiary/aromatic N) is 1. The van der Waals surface area contributed by atoms with Crippen LogP contribution in [0.5, 0.6) is 0 Å². The minimum atomic E-state index is -0.162. The normalized spacial score (nSPS) is 10.4. The van der Waals surface area contributed by atoms with Gasteiger partial charge in [0.05, 0.1) is 18.0 Å². The van der Waals surface area contributed by atoms with Crippen LogP contribution in [0.15, 0.2) is 42.5 Å². The van der Waals surface area contributed by atoms with Gasteiger partial charge in [-0.25, -0.2) is 0 Å².